The molecule has 2 heterocycles. The molecular formula is C14H19BO4. The zero-order chi connectivity index (χ0) is 13.8. The van der Waals surface area contributed by atoms with Crippen LogP contribution in [-0.2, 0) is 15.7 Å². The Morgan fingerprint density at radius 3 is 2.37 bits per heavy atom. The van der Waals surface area contributed by atoms with E-state index in [1.807, 2.05) is 39.8 Å². The van der Waals surface area contributed by atoms with Crippen LogP contribution in [0.1, 0.15) is 33.3 Å². The van der Waals surface area contributed by atoms with Crippen LogP contribution in [0.2, 0.25) is 0 Å². The molecular weight excluding hydrogens is 243 g/mol. The second-order valence-electron chi connectivity index (χ2n) is 6.25. The topological polar surface area (TPSA) is 47.9 Å². The van der Waals surface area contributed by atoms with E-state index >= 15 is 0 Å². The highest BCUT2D eigenvalue weighted by atomic mass is 16.7. The normalized spacial score (nSPS) is 27.2. The number of rotatable bonds is 1. The van der Waals surface area contributed by atoms with Crippen LogP contribution < -0.4 is 4.74 Å². The van der Waals surface area contributed by atoms with Gasteiger partial charge in [-0.3, -0.25) is 0 Å². The van der Waals surface area contributed by atoms with E-state index in [2.05, 4.69) is 0 Å². The van der Waals surface area contributed by atoms with Crippen molar-refractivity contribution in [2.45, 2.75) is 51.3 Å². The lowest BCUT2D eigenvalue weighted by Crippen LogP contribution is -2.41. The molecule has 5 heteroatoms. The number of para-hydroxylation sites is 1. The predicted molar refractivity (Wildman–Crippen MR) is 72.3 cm³/mol. The third kappa shape index (κ3) is 1.92. The summed E-state index contributed by atoms with van der Waals surface area (Å²) in [6, 6.07) is 5.21. The molecule has 1 aromatic rings. The van der Waals surface area contributed by atoms with Crippen molar-refractivity contribution in [2.24, 2.45) is 0 Å². The van der Waals surface area contributed by atoms with Gasteiger partial charge in [-0.05, 0) is 33.8 Å². The molecule has 0 amide bonds. The van der Waals surface area contributed by atoms with Gasteiger partial charge in [0, 0.05) is 12.0 Å². The number of ether oxygens (including phenoxy) is 1. The number of phenolic OH excluding ortho intramolecular Hbond substituents is 1. The van der Waals surface area contributed by atoms with Crippen molar-refractivity contribution < 1.29 is 19.2 Å². The molecule has 0 bridgehead atoms. The molecule has 1 atom stereocenters. The van der Waals surface area contributed by atoms with Crippen molar-refractivity contribution in [1.29, 1.82) is 0 Å². The van der Waals surface area contributed by atoms with Crippen LogP contribution >= 0.6 is 0 Å². The minimum absolute atomic E-state index is 0.177. The lowest BCUT2D eigenvalue weighted by molar-refractivity contribution is 0.00578. The molecule has 0 aromatic heterocycles. The summed E-state index contributed by atoms with van der Waals surface area (Å²) in [6.07, 6.45) is 0.695. The van der Waals surface area contributed by atoms with Gasteiger partial charge in [0.2, 0.25) is 0 Å². The molecule has 2 aliphatic heterocycles. The number of hydrogen-bond donors (Lipinski definition) is 1. The smallest absolute Gasteiger partial charge is 0.502 e. The van der Waals surface area contributed by atoms with E-state index in [0.717, 1.165) is 5.56 Å². The van der Waals surface area contributed by atoms with Crippen molar-refractivity contribution in [3.05, 3.63) is 23.8 Å². The zero-order valence-corrected chi connectivity index (χ0v) is 11.8. The predicted octanol–water partition coefficient (Wildman–Crippen LogP) is 2.33. The Labute approximate surface area is 113 Å². The summed E-state index contributed by atoms with van der Waals surface area (Å²) in [4.78, 5) is 0. The second kappa shape index (κ2) is 3.90. The first kappa shape index (κ1) is 12.8. The molecule has 3 rings (SSSR count). The van der Waals surface area contributed by atoms with E-state index in [1.54, 1.807) is 6.07 Å². The third-order valence-electron chi connectivity index (χ3n) is 4.34. The van der Waals surface area contributed by atoms with Gasteiger partial charge in [-0.2, -0.15) is 0 Å². The molecule has 102 valence electrons. The highest BCUT2D eigenvalue weighted by molar-refractivity contribution is 6.47. The van der Waals surface area contributed by atoms with Crippen molar-refractivity contribution >= 4 is 7.12 Å². The maximum atomic E-state index is 9.79. The summed E-state index contributed by atoms with van der Waals surface area (Å²) in [6.45, 7) is 8.08. The van der Waals surface area contributed by atoms with Gasteiger partial charge in [0.05, 0.1) is 11.2 Å². The van der Waals surface area contributed by atoms with Crippen LogP contribution in [0.5, 0.6) is 11.5 Å². The fourth-order valence-electron chi connectivity index (χ4n) is 2.47. The summed E-state index contributed by atoms with van der Waals surface area (Å²) in [5.74, 6) is 0.735. The second-order valence-corrected chi connectivity index (χ2v) is 6.25. The van der Waals surface area contributed by atoms with Crippen LogP contribution in [0, 0.1) is 0 Å². The Kier molecular flexibility index (Phi) is 2.63. The van der Waals surface area contributed by atoms with Crippen molar-refractivity contribution in [1.82, 2.24) is 0 Å². The lowest BCUT2D eigenvalue weighted by atomic mass is 9.78. The molecule has 1 N–H and O–H groups in total. The number of fused-ring (bicyclic) bond motifs is 1. The molecule has 2 aliphatic rings. The van der Waals surface area contributed by atoms with Crippen LogP contribution in [-0.4, -0.2) is 29.4 Å². The monoisotopic (exact) mass is 262 g/mol. The van der Waals surface area contributed by atoms with E-state index in [-0.39, 0.29) is 23.0 Å². The Balaban J connectivity index is 1.80. The Morgan fingerprint density at radius 2 is 1.79 bits per heavy atom. The van der Waals surface area contributed by atoms with Crippen LogP contribution in [0.3, 0.4) is 0 Å². The molecule has 0 spiro atoms. The van der Waals surface area contributed by atoms with E-state index in [1.165, 1.54) is 0 Å². The number of benzene rings is 1. The summed E-state index contributed by atoms with van der Waals surface area (Å²) in [5.41, 5.74) is 0.273. The van der Waals surface area contributed by atoms with Gasteiger partial charge in [0.15, 0.2) is 11.5 Å². The maximum Gasteiger partial charge on any atom is 0.502 e. The van der Waals surface area contributed by atoms with Crippen molar-refractivity contribution in [3.8, 4) is 11.5 Å². The first-order chi connectivity index (χ1) is 8.80. The molecule has 1 saturated heterocycles. The minimum atomic E-state index is -0.406. The average molecular weight is 262 g/mol. The number of aromatic hydroxyl groups is 1. The van der Waals surface area contributed by atoms with Gasteiger partial charge >= 0.3 is 7.12 Å². The number of hydrogen-bond acceptors (Lipinski definition) is 4. The van der Waals surface area contributed by atoms with Crippen molar-refractivity contribution in [3.63, 3.8) is 0 Å². The Hall–Kier alpha value is -1.20. The van der Waals surface area contributed by atoms with Crippen LogP contribution in [0.4, 0.5) is 0 Å². The number of phenols is 1. The third-order valence-corrected chi connectivity index (χ3v) is 4.34. The van der Waals surface area contributed by atoms with Crippen molar-refractivity contribution in [2.75, 3.05) is 0 Å². The lowest BCUT2D eigenvalue weighted by Gasteiger charge is -2.32. The first-order valence-corrected chi connectivity index (χ1v) is 6.63. The Bertz CT molecular complexity index is 496. The maximum absolute atomic E-state index is 9.79. The fourth-order valence-corrected chi connectivity index (χ4v) is 2.47. The van der Waals surface area contributed by atoms with Gasteiger partial charge in [-0.15, -0.1) is 0 Å². The van der Waals surface area contributed by atoms with Gasteiger partial charge in [-0.1, -0.05) is 12.1 Å². The van der Waals surface area contributed by atoms with Gasteiger partial charge in [-0.25, -0.2) is 0 Å². The van der Waals surface area contributed by atoms with E-state index in [4.69, 9.17) is 14.0 Å². The van der Waals surface area contributed by atoms with Crippen LogP contribution in [0.25, 0.3) is 0 Å². The van der Waals surface area contributed by atoms with E-state index in [0.29, 0.717) is 12.2 Å². The highest BCUT2D eigenvalue weighted by Gasteiger charge is 2.55. The van der Waals surface area contributed by atoms with Gasteiger partial charge in [0.1, 0.15) is 6.00 Å². The molecule has 19 heavy (non-hydrogen) atoms. The summed E-state index contributed by atoms with van der Waals surface area (Å²) in [5, 5.41) is 9.79. The fraction of sp³-hybridized carbons (Fsp3) is 0.571. The first-order valence-electron chi connectivity index (χ1n) is 6.63. The molecule has 0 radical (unpaired) electrons. The minimum Gasteiger partial charge on any atom is -0.504 e. The van der Waals surface area contributed by atoms with Crippen LogP contribution in [0.15, 0.2) is 18.2 Å². The van der Waals surface area contributed by atoms with E-state index < -0.39 is 7.12 Å². The highest BCUT2D eigenvalue weighted by Crippen LogP contribution is 2.42. The quantitative estimate of drug-likeness (QED) is 0.789. The molecule has 4 nitrogen and oxygen atoms in total. The molecule has 1 fully saturated rings. The summed E-state index contributed by atoms with van der Waals surface area (Å²) in [7, 11) is -0.406. The Morgan fingerprint density at radius 1 is 1.16 bits per heavy atom. The van der Waals surface area contributed by atoms with Gasteiger partial charge in [0.25, 0.3) is 0 Å². The largest absolute Gasteiger partial charge is 0.504 e. The zero-order valence-electron chi connectivity index (χ0n) is 11.8. The molecule has 0 saturated carbocycles. The molecule has 0 aliphatic carbocycles. The average Bonchev–Trinajstić information content (AvgIpc) is 2.80. The standard InChI is InChI=1S/C14H19BO4/c1-13(2)14(3,4)19-15(18-13)11-8-9-6-5-7-10(16)12(9)17-11/h5-7,11,16H,8H2,1-4H3. The van der Waals surface area contributed by atoms with Gasteiger partial charge < -0.3 is 19.2 Å². The van der Waals surface area contributed by atoms with E-state index in [9.17, 15) is 5.11 Å². The molecule has 1 unspecified atom stereocenters. The SMILES string of the molecule is CC1(C)OB(C2Cc3cccc(O)c3O2)OC1(C)C. The molecule has 1 aromatic carbocycles. The summed E-state index contributed by atoms with van der Waals surface area (Å²) < 4.78 is 17.8. The summed E-state index contributed by atoms with van der Waals surface area (Å²) >= 11 is 0.